The summed E-state index contributed by atoms with van der Waals surface area (Å²) < 4.78 is 20.3. The van der Waals surface area contributed by atoms with Crippen LogP contribution in [-0.4, -0.2) is 84.2 Å². The largest absolute Gasteiger partial charge is 0.464 e. The van der Waals surface area contributed by atoms with Gasteiger partial charge in [0.1, 0.15) is 11.4 Å². The second-order valence-electron chi connectivity index (χ2n) is 15.6. The summed E-state index contributed by atoms with van der Waals surface area (Å²) >= 11 is 0. The quantitative estimate of drug-likeness (QED) is 0.0418. The van der Waals surface area contributed by atoms with E-state index in [0.717, 1.165) is 70.2 Å². The van der Waals surface area contributed by atoms with Crippen LogP contribution in [0, 0.1) is 13.8 Å². The number of esters is 4. The SMILES string of the molecule is CCOC(=O)C(NCc1cnc(C(=O)Nc2cccc(-c3cccc(NC(=O)c4cc(C5CC5)c(CNC(C(=O)OCC)C(=O)OCC)cn4)c3C)c2C)cc1C1CC1)C(=O)OCC. The zero-order valence-corrected chi connectivity index (χ0v) is 37.1. The molecule has 2 aromatic carbocycles. The minimum absolute atomic E-state index is 0.114. The molecular weight excluding hydrogens is 821 g/mol. The van der Waals surface area contributed by atoms with Crippen molar-refractivity contribution >= 4 is 47.1 Å². The van der Waals surface area contributed by atoms with Crippen LogP contribution in [0.3, 0.4) is 0 Å². The molecule has 2 heterocycles. The summed E-state index contributed by atoms with van der Waals surface area (Å²) in [6.07, 6.45) is 6.97. The van der Waals surface area contributed by atoms with Gasteiger partial charge in [-0.05, 0) is 148 Å². The zero-order valence-electron chi connectivity index (χ0n) is 37.1. The molecule has 64 heavy (non-hydrogen) atoms. The second kappa shape index (κ2) is 21.7. The summed E-state index contributed by atoms with van der Waals surface area (Å²) in [5, 5.41) is 12.0. The predicted molar refractivity (Wildman–Crippen MR) is 237 cm³/mol. The van der Waals surface area contributed by atoms with Gasteiger partial charge in [-0.25, -0.2) is 19.2 Å². The number of ether oxygens (including phenoxy) is 4. The molecule has 6 rings (SSSR count). The highest BCUT2D eigenvalue weighted by Gasteiger charge is 2.33. The smallest absolute Gasteiger partial charge is 0.334 e. The monoisotopic (exact) mass is 876 g/mol. The molecule has 0 saturated heterocycles. The number of aromatic nitrogens is 2. The standard InChI is InChI=1S/C48H56N6O10/c1-7-61-45(57)41(46(58)62-8-2)51-25-31-23-49-39(21-35(31)29-17-18-29)43(55)53-37-15-11-13-33(27(37)5)34-14-12-16-38(28(34)6)54-44(56)40-22-36(30-19-20-30)32(24-50-40)26-52-42(47(59)63-9-3)48(60)64-10-4/h11-16,21-24,29-30,41-42,51-52H,7-10,17-20,25-26H2,1-6H3,(H,53,55)(H,54,56). The normalized spacial score (nSPS) is 13.3. The Morgan fingerprint density at radius 1 is 0.562 bits per heavy atom. The van der Waals surface area contributed by atoms with Gasteiger partial charge in [-0.2, -0.15) is 0 Å². The molecule has 2 aromatic heterocycles. The number of hydrogen-bond donors (Lipinski definition) is 4. The lowest BCUT2D eigenvalue weighted by Gasteiger charge is -2.18. The first kappa shape index (κ1) is 47.0. The average molecular weight is 877 g/mol. The van der Waals surface area contributed by atoms with Gasteiger partial charge in [0.25, 0.3) is 11.8 Å². The van der Waals surface area contributed by atoms with E-state index in [1.165, 1.54) is 0 Å². The first-order valence-corrected chi connectivity index (χ1v) is 21.8. The summed E-state index contributed by atoms with van der Waals surface area (Å²) in [6.45, 7) is 11.2. The zero-order chi connectivity index (χ0) is 45.9. The van der Waals surface area contributed by atoms with Gasteiger partial charge in [0.15, 0.2) is 0 Å². The van der Waals surface area contributed by atoms with Gasteiger partial charge in [0.05, 0.1) is 26.4 Å². The lowest BCUT2D eigenvalue weighted by Crippen LogP contribution is -2.45. The Kier molecular flexibility index (Phi) is 15.9. The van der Waals surface area contributed by atoms with Gasteiger partial charge < -0.3 is 29.6 Å². The minimum atomic E-state index is -1.30. The number of carbonyl (C=O) groups is 6. The fraction of sp³-hybridized carbons (Fsp3) is 0.417. The molecule has 0 spiro atoms. The van der Waals surface area contributed by atoms with Crippen LogP contribution in [0.5, 0.6) is 0 Å². The van der Waals surface area contributed by atoms with Crippen LogP contribution < -0.4 is 21.3 Å². The van der Waals surface area contributed by atoms with E-state index in [-0.39, 0.29) is 62.7 Å². The van der Waals surface area contributed by atoms with Crippen molar-refractivity contribution in [3.8, 4) is 11.1 Å². The number of anilines is 2. The molecule has 2 amide bonds. The van der Waals surface area contributed by atoms with Crippen molar-refractivity contribution in [1.29, 1.82) is 0 Å². The molecule has 4 N–H and O–H groups in total. The maximum atomic E-state index is 13.7. The number of benzene rings is 2. The summed E-state index contributed by atoms with van der Waals surface area (Å²) in [4.78, 5) is 86.6. The van der Waals surface area contributed by atoms with E-state index in [0.29, 0.717) is 11.4 Å². The van der Waals surface area contributed by atoms with Crippen LogP contribution >= 0.6 is 0 Å². The highest BCUT2D eigenvalue weighted by molar-refractivity contribution is 6.05. The van der Waals surface area contributed by atoms with Crippen molar-refractivity contribution in [3.63, 3.8) is 0 Å². The lowest BCUT2D eigenvalue weighted by atomic mass is 9.94. The third kappa shape index (κ3) is 11.5. The predicted octanol–water partition coefficient (Wildman–Crippen LogP) is 6.19. The third-order valence-electron chi connectivity index (χ3n) is 11.1. The highest BCUT2D eigenvalue weighted by atomic mass is 16.6. The van der Waals surface area contributed by atoms with Gasteiger partial charge >= 0.3 is 23.9 Å². The number of hydrogen-bond acceptors (Lipinski definition) is 14. The number of carbonyl (C=O) groups excluding carboxylic acids is 6. The molecule has 2 saturated carbocycles. The highest BCUT2D eigenvalue weighted by Crippen LogP contribution is 2.43. The van der Waals surface area contributed by atoms with E-state index >= 15 is 0 Å². The maximum Gasteiger partial charge on any atom is 0.334 e. The van der Waals surface area contributed by atoms with Crippen molar-refractivity contribution in [1.82, 2.24) is 20.6 Å². The summed E-state index contributed by atoms with van der Waals surface area (Å²) in [6, 6.07) is 12.2. The van der Waals surface area contributed by atoms with Crippen LogP contribution in [0.25, 0.3) is 11.1 Å². The topological polar surface area (TPSA) is 213 Å². The Morgan fingerprint density at radius 3 is 1.22 bits per heavy atom. The molecular formula is C48H56N6O10. The molecule has 0 bridgehead atoms. The molecule has 16 nitrogen and oxygen atoms in total. The second-order valence-corrected chi connectivity index (χ2v) is 15.6. The third-order valence-corrected chi connectivity index (χ3v) is 11.1. The van der Waals surface area contributed by atoms with E-state index < -0.39 is 47.8 Å². The minimum Gasteiger partial charge on any atom is -0.464 e. The van der Waals surface area contributed by atoms with Crippen LogP contribution in [0.2, 0.25) is 0 Å². The first-order valence-electron chi connectivity index (χ1n) is 21.8. The van der Waals surface area contributed by atoms with E-state index in [9.17, 15) is 28.8 Å². The van der Waals surface area contributed by atoms with Gasteiger partial charge in [0, 0.05) is 36.9 Å². The van der Waals surface area contributed by atoms with Crippen LogP contribution in [-0.2, 0) is 51.2 Å². The summed E-state index contributed by atoms with van der Waals surface area (Å²) in [5.41, 5.74) is 8.32. The number of pyridine rings is 2. The van der Waals surface area contributed by atoms with E-state index in [1.807, 2.05) is 50.2 Å². The number of amides is 2. The van der Waals surface area contributed by atoms with Crippen molar-refractivity contribution in [3.05, 3.63) is 106 Å². The van der Waals surface area contributed by atoms with E-state index in [1.54, 1.807) is 52.2 Å². The van der Waals surface area contributed by atoms with E-state index in [2.05, 4.69) is 31.2 Å². The molecule has 338 valence electrons. The van der Waals surface area contributed by atoms with Crippen molar-refractivity contribution in [2.75, 3.05) is 37.1 Å². The first-order chi connectivity index (χ1) is 30.9. The van der Waals surface area contributed by atoms with Crippen molar-refractivity contribution < 1.29 is 47.7 Å². The molecule has 0 aliphatic heterocycles. The Hall–Kier alpha value is -6.52. The fourth-order valence-electron chi connectivity index (χ4n) is 7.44. The Labute approximate surface area is 372 Å². The summed E-state index contributed by atoms with van der Waals surface area (Å²) in [7, 11) is 0. The molecule has 2 aliphatic rings. The van der Waals surface area contributed by atoms with Crippen molar-refractivity contribution in [2.24, 2.45) is 0 Å². The van der Waals surface area contributed by atoms with Gasteiger partial charge in [-0.1, -0.05) is 24.3 Å². The molecule has 0 atom stereocenters. The van der Waals surface area contributed by atoms with Gasteiger partial charge in [-0.3, -0.25) is 30.2 Å². The Bertz CT molecular complexity index is 2190. The molecule has 16 heteroatoms. The number of rotatable bonds is 21. The van der Waals surface area contributed by atoms with Crippen LogP contribution in [0.4, 0.5) is 11.4 Å². The molecule has 4 aromatic rings. The summed E-state index contributed by atoms with van der Waals surface area (Å²) in [5.74, 6) is -3.24. The number of nitrogens with one attached hydrogen (secondary N) is 4. The Morgan fingerprint density at radius 2 is 0.906 bits per heavy atom. The lowest BCUT2D eigenvalue weighted by molar-refractivity contribution is -0.159. The fourth-order valence-corrected chi connectivity index (χ4v) is 7.44. The molecule has 2 fully saturated rings. The Balaban J connectivity index is 1.15. The van der Waals surface area contributed by atoms with Crippen LogP contribution in [0.15, 0.2) is 60.9 Å². The van der Waals surface area contributed by atoms with Crippen LogP contribution in [0.1, 0.15) is 120 Å². The molecule has 2 aliphatic carbocycles. The number of nitrogens with zero attached hydrogens (tertiary/aromatic N) is 2. The van der Waals surface area contributed by atoms with E-state index in [4.69, 9.17) is 18.9 Å². The van der Waals surface area contributed by atoms with Gasteiger partial charge in [0.2, 0.25) is 12.1 Å². The maximum absolute atomic E-state index is 13.7. The van der Waals surface area contributed by atoms with Crippen molar-refractivity contribution in [2.45, 2.75) is 104 Å². The van der Waals surface area contributed by atoms with Gasteiger partial charge in [-0.15, -0.1) is 0 Å². The average Bonchev–Trinajstić information content (AvgIpc) is 4.21. The molecule has 0 unspecified atom stereocenters. The molecule has 0 radical (unpaired) electrons.